The van der Waals surface area contributed by atoms with E-state index < -0.39 is 55.3 Å². The number of sulfone groups is 1. The summed E-state index contributed by atoms with van der Waals surface area (Å²) in [6.07, 6.45) is 0. The molecule has 2 aromatic carbocycles. The second-order valence-corrected chi connectivity index (χ2v) is 6.77. The molecule has 0 heterocycles. The second kappa shape index (κ2) is 6.87. The van der Waals surface area contributed by atoms with E-state index in [-0.39, 0.29) is 11.3 Å². The van der Waals surface area contributed by atoms with E-state index in [1.807, 2.05) is 0 Å². The zero-order valence-corrected chi connectivity index (χ0v) is 13.7. The molecule has 0 aliphatic rings. The molecule has 0 saturated heterocycles. The van der Waals surface area contributed by atoms with E-state index in [9.17, 15) is 30.4 Å². The first kappa shape index (κ1) is 19.0. The van der Waals surface area contributed by atoms with Gasteiger partial charge in [0.05, 0.1) is 20.0 Å². The van der Waals surface area contributed by atoms with Crippen LogP contribution in [0.25, 0.3) is 0 Å². The highest BCUT2D eigenvalue weighted by molar-refractivity contribution is 7.90. The summed E-state index contributed by atoms with van der Waals surface area (Å²) in [7, 11) is -2.78. The molecule has 0 bridgehead atoms. The Hall–Kier alpha value is -2.36. The Labute approximate surface area is 139 Å². The van der Waals surface area contributed by atoms with Crippen molar-refractivity contribution in [1.82, 2.24) is 0 Å². The van der Waals surface area contributed by atoms with E-state index in [1.165, 1.54) is 13.2 Å². The summed E-state index contributed by atoms with van der Waals surface area (Å²) in [6.45, 7) is 0. The Morgan fingerprint density at radius 2 is 1.48 bits per heavy atom. The predicted octanol–water partition coefficient (Wildman–Crippen LogP) is 3.37. The van der Waals surface area contributed by atoms with E-state index in [4.69, 9.17) is 0 Å². The molecule has 2 aromatic rings. The van der Waals surface area contributed by atoms with Gasteiger partial charge in [0.15, 0.2) is 43.7 Å². The summed E-state index contributed by atoms with van der Waals surface area (Å²) in [4.78, 5) is -1.48. The van der Waals surface area contributed by atoms with Crippen LogP contribution in [-0.4, -0.2) is 22.6 Å². The van der Waals surface area contributed by atoms with Gasteiger partial charge in [-0.3, -0.25) is 0 Å². The normalized spacial score (nSPS) is 11.5. The highest BCUT2D eigenvalue weighted by atomic mass is 32.2. The molecule has 0 N–H and O–H groups in total. The third kappa shape index (κ3) is 3.39. The lowest BCUT2D eigenvalue weighted by molar-refractivity contribution is 0.328. The zero-order chi connectivity index (χ0) is 18.9. The number of benzene rings is 2. The van der Waals surface area contributed by atoms with Gasteiger partial charge in [-0.05, 0) is 17.7 Å². The van der Waals surface area contributed by atoms with Gasteiger partial charge in [-0.2, -0.15) is 4.39 Å². The summed E-state index contributed by atoms with van der Waals surface area (Å²) in [5, 5.41) is 0. The van der Waals surface area contributed by atoms with E-state index in [0.717, 1.165) is 19.2 Å². The van der Waals surface area contributed by atoms with Gasteiger partial charge in [-0.15, -0.1) is 0 Å². The molecule has 0 radical (unpaired) electrons. The molecule has 10 heteroatoms. The van der Waals surface area contributed by atoms with Gasteiger partial charge in [-0.25, -0.2) is 26.0 Å². The monoisotopic (exact) mass is 382 g/mol. The average molecular weight is 382 g/mol. The van der Waals surface area contributed by atoms with Crippen LogP contribution in [0, 0.1) is 29.1 Å². The minimum atomic E-state index is -4.74. The van der Waals surface area contributed by atoms with Crippen molar-refractivity contribution in [2.24, 2.45) is 0 Å². The number of hydrogen-bond donors (Lipinski definition) is 0. The highest BCUT2D eigenvalue weighted by Crippen LogP contribution is 2.35. The molecule has 0 aliphatic carbocycles. The first-order valence-electron chi connectivity index (χ1n) is 6.59. The fourth-order valence-electron chi connectivity index (χ4n) is 2.14. The van der Waals surface area contributed by atoms with Crippen molar-refractivity contribution in [3.63, 3.8) is 0 Å². The fraction of sp³-hybridized carbons (Fsp3) is 0.200. The van der Waals surface area contributed by atoms with Crippen molar-refractivity contribution in [2.75, 3.05) is 14.2 Å². The molecule has 136 valence electrons. The number of halogens is 5. The standard InChI is InChI=1S/C15H11F5O4S/c1-23-9-4-3-7(5-8(9)16)6-25(21,22)15-13(20)11(18)10(17)12(19)14(15)24-2/h3-5H,6H2,1-2H3. The van der Waals surface area contributed by atoms with Crippen LogP contribution in [-0.2, 0) is 15.6 Å². The second-order valence-electron chi connectivity index (χ2n) is 4.85. The van der Waals surface area contributed by atoms with Gasteiger partial charge in [0, 0.05) is 0 Å². The maximum absolute atomic E-state index is 14.0. The van der Waals surface area contributed by atoms with E-state index >= 15 is 0 Å². The molecule has 0 saturated carbocycles. The summed E-state index contributed by atoms with van der Waals surface area (Å²) >= 11 is 0. The molecule has 0 unspecified atom stereocenters. The van der Waals surface area contributed by atoms with Crippen molar-refractivity contribution < 1.29 is 39.8 Å². The van der Waals surface area contributed by atoms with Crippen LogP contribution >= 0.6 is 0 Å². The van der Waals surface area contributed by atoms with Crippen molar-refractivity contribution in [3.05, 3.63) is 52.8 Å². The largest absolute Gasteiger partial charge is 0.494 e. The van der Waals surface area contributed by atoms with Crippen molar-refractivity contribution in [3.8, 4) is 11.5 Å². The Bertz CT molecular complexity index is 928. The van der Waals surface area contributed by atoms with Crippen molar-refractivity contribution in [1.29, 1.82) is 0 Å². The Morgan fingerprint density at radius 3 is 2.00 bits per heavy atom. The molecule has 2 rings (SSSR count). The number of rotatable bonds is 5. The fourth-order valence-corrected chi connectivity index (χ4v) is 3.72. The Morgan fingerprint density at radius 1 is 0.880 bits per heavy atom. The first-order valence-corrected chi connectivity index (χ1v) is 8.24. The zero-order valence-electron chi connectivity index (χ0n) is 12.9. The highest BCUT2D eigenvalue weighted by Gasteiger charge is 2.34. The van der Waals surface area contributed by atoms with E-state index in [0.29, 0.717) is 0 Å². The number of methoxy groups -OCH3 is 2. The van der Waals surface area contributed by atoms with Crippen LogP contribution < -0.4 is 9.47 Å². The van der Waals surface area contributed by atoms with Crippen molar-refractivity contribution >= 4 is 9.84 Å². The Kier molecular flexibility index (Phi) is 5.21. The average Bonchev–Trinajstić information content (AvgIpc) is 2.55. The molecule has 0 aliphatic heterocycles. The molecular formula is C15H11F5O4S. The van der Waals surface area contributed by atoms with Crippen LogP contribution in [0.5, 0.6) is 11.5 Å². The molecule has 0 amide bonds. The summed E-state index contributed by atoms with van der Waals surface area (Å²) in [5.41, 5.74) is -0.148. The first-order chi connectivity index (χ1) is 11.6. The van der Waals surface area contributed by atoms with Gasteiger partial charge in [-0.1, -0.05) is 6.07 Å². The van der Waals surface area contributed by atoms with Crippen LogP contribution in [0.4, 0.5) is 22.0 Å². The van der Waals surface area contributed by atoms with Crippen molar-refractivity contribution in [2.45, 2.75) is 10.6 Å². The quantitative estimate of drug-likeness (QED) is 0.344. The van der Waals surface area contributed by atoms with Gasteiger partial charge < -0.3 is 9.47 Å². The molecule has 4 nitrogen and oxygen atoms in total. The van der Waals surface area contributed by atoms with Gasteiger partial charge in [0.25, 0.3) is 0 Å². The van der Waals surface area contributed by atoms with Crippen LogP contribution in [0.15, 0.2) is 23.1 Å². The SMILES string of the molecule is COc1ccc(CS(=O)(=O)c2c(F)c(F)c(F)c(F)c2OC)cc1F. The lowest BCUT2D eigenvalue weighted by Gasteiger charge is -2.13. The molecule has 25 heavy (non-hydrogen) atoms. The molecular weight excluding hydrogens is 371 g/mol. The van der Waals surface area contributed by atoms with Gasteiger partial charge in [0.1, 0.15) is 0 Å². The third-order valence-electron chi connectivity index (χ3n) is 3.27. The smallest absolute Gasteiger partial charge is 0.205 e. The summed E-state index contributed by atoms with van der Waals surface area (Å²) in [6, 6.07) is 3.09. The van der Waals surface area contributed by atoms with Gasteiger partial charge >= 0.3 is 0 Å². The lowest BCUT2D eigenvalue weighted by atomic mass is 10.2. The lowest BCUT2D eigenvalue weighted by Crippen LogP contribution is -2.14. The van der Waals surface area contributed by atoms with Crippen LogP contribution in [0.1, 0.15) is 5.56 Å². The summed E-state index contributed by atoms with van der Waals surface area (Å²) in [5.74, 6) is -12.0. The summed E-state index contributed by atoms with van der Waals surface area (Å²) < 4.78 is 102. The molecule has 0 atom stereocenters. The molecule has 0 aromatic heterocycles. The minimum absolute atomic E-state index is 0.148. The Balaban J connectivity index is 2.59. The third-order valence-corrected chi connectivity index (χ3v) is 4.97. The van der Waals surface area contributed by atoms with Crippen LogP contribution in [0.2, 0.25) is 0 Å². The molecule has 0 spiro atoms. The van der Waals surface area contributed by atoms with Gasteiger partial charge in [0.2, 0.25) is 11.6 Å². The maximum Gasteiger partial charge on any atom is 0.205 e. The molecule has 0 fully saturated rings. The predicted molar refractivity (Wildman–Crippen MR) is 76.7 cm³/mol. The minimum Gasteiger partial charge on any atom is -0.494 e. The maximum atomic E-state index is 14.0. The number of hydrogen-bond acceptors (Lipinski definition) is 4. The van der Waals surface area contributed by atoms with Crippen LogP contribution in [0.3, 0.4) is 0 Å². The van der Waals surface area contributed by atoms with E-state index in [1.54, 1.807) is 0 Å². The number of ether oxygens (including phenoxy) is 2. The van der Waals surface area contributed by atoms with E-state index in [2.05, 4.69) is 9.47 Å². The topological polar surface area (TPSA) is 52.6 Å².